The highest BCUT2D eigenvalue weighted by atomic mass is 32.1. The van der Waals surface area contributed by atoms with E-state index in [1.165, 1.54) is 15.3 Å². The van der Waals surface area contributed by atoms with Gasteiger partial charge in [-0.25, -0.2) is 0 Å². The predicted octanol–water partition coefficient (Wildman–Crippen LogP) is 3.31. The number of hydrogen-bond acceptors (Lipinski definition) is 3. The molecule has 1 N–H and O–H groups in total. The predicted molar refractivity (Wildman–Crippen MR) is 65.9 cm³/mol. The molecule has 2 aromatic heterocycles. The van der Waals surface area contributed by atoms with Crippen LogP contribution in [0.25, 0.3) is 10.7 Å². The summed E-state index contributed by atoms with van der Waals surface area (Å²) in [5.74, 6) is 0.948. The molecule has 5 heteroatoms. The Balaban J connectivity index is 2.58. The highest BCUT2D eigenvalue weighted by molar-refractivity contribution is 7.71. The van der Waals surface area contributed by atoms with E-state index >= 15 is 0 Å². The lowest BCUT2D eigenvalue weighted by Crippen LogP contribution is -1.96. The van der Waals surface area contributed by atoms with Crippen molar-refractivity contribution in [2.75, 3.05) is 0 Å². The summed E-state index contributed by atoms with van der Waals surface area (Å²) in [6.45, 7) is 7.16. The second-order valence-corrected chi connectivity index (χ2v) is 5.09. The van der Waals surface area contributed by atoms with Gasteiger partial charge < -0.3 is 0 Å². The number of nitrogens with one attached hydrogen (secondary N) is 1. The van der Waals surface area contributed by atoms with Gasteiger partial charge >= 0.3 is 0 Å². The van der Waals surface area contributed by atoms with E-state index in [1.807, 2.05) is 4.57 Å². The Morgan fingerprint density at radius 2 is 2.27 bits per heavy atom. The molecule has 0 aliphatic heterocycles. The molecule has 0 aliphatic carbocycles. The van der Waals surface area contributed by atoms with E-state index in [9.17, 15) is 0 Å². The molecule has 0 atom stereocenters. The lowest BCUT2D eigenvalue weighted by molar-refractivity contribution is 0.757. The molecule has 0 amide bonds. The molecule has 0 saturated carbocycles. The SMILES string of the molecule is CCn1c(-c2cc(C)c(C)s2)n[nH]c1=S. The van der Waals surface area contributed by atoms with Crippen LogP contribution in [0.3, 0.4) is 0 Å². The fourth-order valence-corrected chi connectivity index (χ4v) is 2.78. The van der Waals surface area contributed by atoms with Gasteiger partial charge in [0, 0.05) is 11.4 Å². The van der Waals surface area contributed by atoms with E-state index in [-0.39, 0.29) is 0 Å². The average molecular weight is 239 g/mol. The van der Waals surface area contributed by atoms with Gasteiger partial charge in [-0.3, -0.25) is 9.67 Å². The zero-order valence-corrected chi connectivity index (χ0v) is 10.6. The number of aryl methyl sites for hydroxylation is 2. The van der Waals surface area contributed by atoms with Gasteiger partial charge in [-0.15, -0.1) is 11.3 Å². The van der Waals surface area contributed by atoms with E-state index < -0.39 is 0 Å². The van der Waals surface area contributed by atoms with Crippen LogP contribution in [0.1, 0.15) is 17.4 Å². The van der Waals surface area contributed by atoms with E-state index in [2.05, 4.69) is 37.0 Å². The van der Waals surface area contributed by atoms with E-state index in [1.54, 1.807) is 11.3 Å². The third-order valence-corrected chi connectivity index (χ3v) is 3.92. The van der Waals surface area contributed by atoms with Crippen LogP contribution in [0.5, 0.6) is 0 Å². The summed E-state index contributed by atoms with van der Waals surface area (Å²) >= 11 is 6.92. The Labute approximate surface area is 97.8 Å². The summed E-state index contributed by atoms with van der Waals surface area (Å²) in [4.78, 5) is 2.51. The van der Waals surface area contributed by atoms with Gasteiger partial charge in [0.1, 0.15) is 0 Å². The first-order valence-corrected chi connectivity index (χ1v) is 6.08. The van der Waals surface area contributed by atoms with Gasteiger partial charge in [0.15, 0.2) is 10.6 Å². The highest BCUT2D eigenvalue weighted by Gasteiger charge is 2.10. The van der Waals surface area contributed by atoms with Gasteiger partial charge in [-0.1, -0.05) is 0 Å². The highest BCUT2D eigenvalue weighted by Crippen LogP contribution is 2.29. The summed E-state index contributed by atoms with van der Waals surface area (Å²) in [6, 6.07) is 2.16. The van der Waals surface area contributed by atoms with Crippen molar-refractivity contribution in [1.82, 2.24) is 14.8 Å². The molecule has 0 aliphatic rings. The van der Waals surface area contributed by atoms with Crippen molar-refractivity contribution in [1.29, 1.82) is 0 Å². The number of nitrogens with zero attached hydrogens (tertiary/aromatic N) is 2. The minimum Gasteiger partial charge on any atom is -0.300 e. The molecular formula is C10H13N3S2. The number of aromatic nitrogens is 3. The maximum atomic E-state index is 5.16. The molecule has 0 spiro atoms. The zero-order valence-electron chi connectivity index (χ0n) is 9.00. The number of hydrogen-bond donors (Lipinski definition) is 1. The molecule has 0 fully saturated rings. The molecule has 3 nitrogen and oxygen atoms in total. The Hall–Kier alpha value is -0.940. The molecule has 0 bridgehead atoms. The molecular weight excluding hydrogens is 226 g/mol. The minimum absolute atomic E-state index is 0.691. The topological polar surface area (TPSA) is 33.6 Å². The smallest absolute Gasteiger partial charge is 0.195 e. The standard InChI is InChI=1S/C10H13N3S2/c1-4-13-9(11-12-10(13)14)8-5-6(2)7(3)15-8/h5H,4H2,1-3H3,(H,12,14). The van der Waals surface area contributed by atoms with Crippen molar-refractivity contribution in [3.63, 3.8) is 0 Å². The maximum Gasteiger partial charge on any atom is 0.195 e. The van der Waals surface area contributed by atoms with Crippen molar-refractivity contribution >= 4 is 23.6 Å². The molecule has 2 heterocycles. The van der Waals surface area contributed by atoms with Gasteiger partial charge in [0.25, 0.3) is 0 Å². The molecule has 0 radical (unpaired) electrons. The molecule has 0 unspecified atom stereocenters. The van der Waals surface area contributed by atoms with Crippen LogP contribution in [0, 0.1) is 18.6 Å². The Morgan fingerprint density at radius 3 is 2.80 bits per heavy atom. The van der Waals surface area contributed by atoms with Crippen LogP contribution in [0.2, 0.25) is 0 Å². The second-order valence-electron chi connectivity index (χ2n) is 3.45. The minimum atomic E-state index is 0.691. The van der Waals surface area contributed by atoms with Crippen LogP contribution >= 0.6 is 23.6 Å². The van der Waals surface area contributed by atoms with Crippen molar-refractivity contribution < 1.29 is 0 Å². The molecule has 2 rings (SSSR count). The zero-order chi connectivity index (χ0) is 11.0. The number of thiophene rings is 1. The summed E-state index contributed by atoms with van der Waals surface area (Å²) in [6.07, 6.45) is 0. The Morgan fingerprint density at radius 1 is 1.53 bits per heavy atom. The third kappa shape index (κ3) is 1.77. The van der Waals surface area contributed by atoms with Crippen LogP contribution in [0.15, 0.2) is 6.07 Å². The Bertz CT molecular complexity index is 514. The molecule has 2 aromatic rings. The first kappa shape index (κ1) is 10.6. The van der Waals surface area contributed by atoms with Crippen LogP contribution in [-0.2, 0) is 6.54 Å². The van der Waals surface area contributed by atoms with Crippen molar-refractivity contribution in [3.05, 3.63) is 21.3 Å². The molecule has 0 aromatic carbocycles. The summed E-state index contributed by atoms with van der Waals surface area (Å²) in [5.41, 5.74) is 1.31. The monoisotopic (exact) mass is 239 g/mol. The quantitative estimate of drug-likeness (QED) is 0.816. The largest absolute Gasteiger partial charge is 0.300 e. The van der Waals surface area contributed by atoms with Crippen LogP contribution < -0.4 is 0 Å². The van der Waals surface area contributed by atoms with E-state index in [4.69, 9.17) is 12.2 Å². The summed E-state index contributed by atoms with van der Waals surface area (Å²) in [5, 5.41) is 7.11. The van der Waals surface area contributed by atoms with Crippen molar-refractivity contribution in [3.8, 4) is 10.7 Å². The molecule has 15 heavy (non-hydrogen) atoms. The second kappa shape index (κ2) is 3.90. The van der Waals surface area contributed by atoms with Crippen LogP contribution in [-0.4, -0.2) is 14.8 Å². The van der Waals surface area contributed by atoms with Gasteiger partial charge in [-0.05, 0) is 44.6 Å². The van der Waals surface area contributed by atoms with E-state index in [0.717, 1.165) is 12.4 Å². The number of rotatable bonds is 2. The fourth-order valence-electron chi connectivity index (χ4n) is 1.48. The fraction of sp³-hybridized carbons (Fsp3) is 0.400. The van der Waals surface area contributed by atoms with Crippen LogP contribution in [0.4, 0.5) is 0 Å². The third-order valence-electron chi connectivity index (χ3n) is 2.46. The Kier molecular flexibility index (Phi) is 2.75. The average Bonchev–Trinajstić information content (AvgIpc) is 2.71. The first-order chi connectivity index (χ1) is 7.13. The van der Waals surface area contributed by atoms with E-state index in [0.29, 0.717) is 4.77 Å². The number of H-pyrrole nitrogens is 1. The molecule has 80 valence electrons. The molecule has 0 saturated heterocycles. The summed E-state index contributed by atoms with van der Waals surface area (Å²) in [7, 11) is 0. The van der Waals surface area contributed by atoms with Gasteiger partial charge in [0.2, 0.25) is 0 Å². The maximum absolute atomic E-state index is 5.16. The van der Waals surface area contributed by atoms with Gasteiger partial charge in [0.05, 0.1) is 4.88 Å². The van der Waals surface area contributed by atoms with Crippen molar-refractivity contribution in [2.45, 2.75) is 27.3 Å². The number of aromatic amines is 1. The lowest BCUT2D eigenvalue weighted by atomic mass is 10.3. The normalized spacial score (nSPS) is 10.9. The van der Waals surface area contributed by atoms with Gasteiger partial charge in [-0.2, -0.15) is 5.10 Å². The lowest BCUT2D eigenvalue weighted by Gasteiger charge is -1.99. The summed E-state index contributed by atoms with van der Waals surface area (Å²) < 4.78 is 2.70. The first-order valence-electron chi connectivity index (χ1n) is 4.86. The van der Waals surface area contributed by atoms with Crippen molar-refractivity contribution in [2.24, 2.45) is 0 Å².